The lowest BCUT2D eigenvalue weighted by molar-refractivity contribution is 1.14. The van der Waals surface area contributed by atoms with Crippen LogP contribution in [0, 0.1) is 13.8 Å². The Morgan fingerprint density at radius 3 is 2.12 bits per heavy atom. The summed E-state index contributed by atoms with van der Waals surface area (Å²) in [7, 11) is 0. The van der Waals surface area contributed by atoms with Gasteiger partial charge in [-0.2, -0.15) is 0 Å². The van der Waals surface area contributed by atoms with Crippen LogP contribution in [0.15, 0.2) is 52.8 Å². The highest BCUT2D eigenvalue weighted by Gasteiger charge is 1.91. The number of aromatic nitrogens is 1. The predicted molar refractivity (Wildman–Crippen MR) is 64.3 cm³/mol. The topological polar surface area (TPSA) is 37.6 Å². The third-order valence-corrected chi connectivity index (χ3v) is 2.20. The maximum Gasteiger partial charge on any atom is 0.174 e. The molecule has 0 fully saturated rings. The third kappa shape index (κ3) is 2.73. The zero-order valence-electron chi connectivity index (χ0n) is 9.38. The lowest BCUT2D eigenvalue weighted by Crippen LogP contribution is -1.75. The fourth-order valence-electron chi connectivity index (χ4n) is 1.24. The van der Waals surface area contributed by atoms with Gasteiger partial charge in [-0.3, -0.25) is 0 Å². The molecule has 0 saturated heterocycles. The summed E-state index contributed by atoms with van der Waals surface area (Å²) in [6, 6.07) is 11.7. The standard InChI is InChI=1S/C13H13N3/c1-10-3-6-12(7-4-10)15-16-13-8-5-11(2)9-14-13/h3-9H,1-2H3. The van der Waals surface area contributed by atoms with Crippen LogP contribution in [0.2, 0.25) is 0 Å². The summed E-state index contributed by atoms with van der Waals surface area (Å²) in [6.07, 6.45) is 1.78. The number of rotatable bonds is 2. The SMILES string of the molecule is Cc1ccc(N=Nc2ccc(C)cn2)cc1. The van der Waals surface area contributed by atoms with Crippen LogP contribution >= 0.6 is 0 Å². The third-order valence-electron chi connectivity index (χ3n) is 2.20. The molecule has 0 unspecified atom stereocenters. The maximum absolute atomic E-state index is 4.15. The molecule has 0 bridgehead atoms. The van der Waals surface area contributed by atoms with Crippen molar-refractivity contribution in [2.24, 2.45) is 10.2 Å². The second-order valence-corrected chi connectivity index (χ2v) is 3.73. The fraction of sp³-hybridized carbons (Fsp3) is 0.154. The quantitative estimate of drug-likeness (QED) is 0.688. The van der Waals surface area contributed by atoms with Gasteiger partial charge >= 0.3 is 0 Å². The predicted octanol–water partition coefficient (Wildman–Crippen LogP) is 4.11. The molecule has 1 aromatic carbocycles. The Bertz CT molecular complexity index is 436. The molecule has 2 rings (SSSR count). The molecule has 0 aliphatic rings. The zero-order chi connectivity index (χ0) is 11.4. The zero-order valence-corrected chi connectivity index (χ0v) is 9.38. The first-order valence-electron chi connectivity index (χ1n) is 5.15. The van der Waals surface area contributed by atoms with Crippen molar-refractivity contribution < 1.29 is 0 Å². The molecule has 0 N–H and O–H groups in total. The van der Waals surface area contributed by atoms with Crippen molar-refractivity contribution in [1.29, 1.82) is 0 Å². The van der Waals surface area contributed by atoms with Crippen LogP contribution in [0.3, 0.4) is 0 Å². The fourth-order valence-corrected chi connectivity index (χ4v) is 1.24. The van der Waals surface area contributed by atoms with Gasteiger partial charge in [-0.1, -0.05) is 23.8 Å². The van der Waals surface area contributed by atoms with Crippen LogP contribution in [0.1, 0.15) is 11.1 Å². The molecule has 0 aliphatic heterocycles. The van der Waals surface area contributed by atoms with Gasteiger partial charge in [0.15, 0.2) is 5.82 Å². The number of nitrogens with zero attached hydrogens (tertiary/aromatic N) is 3. The normalized spacial score (nSPS) is 10.9. The molecule has 0 aliphatic carbocycles. The van der Waals surface area contributed by atoms with Gasteiger partial charge in [-0.25, -0.2) is 4.98 Å². The number of aryl methyl sites for hydroxylation is 2. The van der Waals surface area contributed by atoms with Crippen molar-refractivity contribution in [2.75, 3.05) is 0 Å². The smallest absolute Gasteiger partial charge is 0.174 e. The van der Waals surface area contributed by atoms with Crippen molar-refractivity contribution >= 4 is 11.5 Å². The first-order valence-corrected chi connectivity index (χ1v) is 5.15. The van der Waals surface area contributed by atoms with Crippen LogP contribution in [-0.2, 0) is 0 Å². The summed E-state index contributed by atoms with van der Waals surface area (Å²) in [5.41, 5.74) is 3.18. The van der Waals surface area contributed by atoms with Gasteiger partial charge in [0.2, 0.25) is 0 Å². The van der Waals surface area contributed by atoms with Crippen molar-refractivity contribution in [1.82, 2.24) is 4.98 Å². The van der Waals surface area contributed by atoms with Gasteiger partial charge in [0.05, 0.1) is 5.69 Å². The highest BCUT2D eigenvalue weighted by atomic mass is 15.1. The van der Waals surface area contributed by atoms with E-state index in [1.54, 1.807) is 6.20 Å². The first kappa shape index (κ1) is 10.5. The van der Waals surface area contributed by atoms with Crippen molar-refractivity contribution in [3.63, 3.8) is 0 Å². The Morgan fingerprint density at radius 1 is 0.812 bits per heavy atom. The molecule has 0 radical (unpaired) electrons. The van der Waals surface area contributed by atoms with E-state index in [-0.39, 0.29) is 0 Å². The molecule has 80 valence electrons. The Morgan fingerprint density at radius 2 is 1.50 bits per heavy atom. The van der Waals surface area contributed by atoms with Gasteiger partial charge in [0, 0.05) is 6.20 Å². The van der Waals surface area contributed by atoms with E-state index in [1.807, 2.05) is 50.2 Å². The Balaban J connectivity index is 2.15. The van der Waals surface area contributed by atoms with Crippen LogP contribution in [0.4, 0.5) is 11.5 Å². The minimum Gasteiger partial charge on any atom is -0.235 e. The molecule has 3 heteroatoms. The Kier molecular flexibility index (Phi) is 3.05. The van der Waals surface area contributed by atoms with E-state index in [4.69, 9.17) is 0 Å². The van der Waals surface area contributed by atoms with Gasteiger partial charge in [-0.15, -0.1) is 10.2 Å². The molecule has 16 heavy (non-hydrogen) atoms. The van der Waals surface area contributed by atoms with Gasteiger partial charge < -0.3 is 0 Å². The summed E-state index contributed by atoms with van der Waals surface area (Å²) in [5, 5.41) is 8.17. The summed E-state index contributed by atoms with van der Waals surface area (Å²) in [6.45, 7) is 4.04. The molecule has 0 saturated carbocycles. The van der Waals surface area contributed by atoms with Crippen molar-refractivity contribution in [3.8, 4) is 0 Å². The van der Waals surface area contributed by atoms with E-state index >= 15 is 0 Å². The maximum atomic E-state index is 4.15. The Hall–Kier alpha value is -2.03. The highest BCUT2D eigenvalue weighted by molar-refractivity contribution is 5.38. The summed E-state index contributed by atoms with van der Waals surface area (Å²) < 4.78 is 0. The lowest BCUT2D eigenvalue weighted by atomic mass is 10.2. The average Bonchev–Trinajstić information content (AvgIpc) is 2.30. The van der Waals surface area contributed by atoms with E-state index in [1.165, 1.54) is 5.56 Å². The number of hydrogen-bond acceptors (Lipinski definition) is 3. The van der Waals surface area contributed by atoms with Crippen molar-refractivity contribution in [2.45, 2.75) is 13.8 Å². The number of hydrogen-bond donors (Lipinski definition) is 0. The van der Waals surface area contributed by atoms with Gasteiger partial charge in [0.1, 0.15) is 0 Å². The highest BCUT2D eigenvalue weighted by Crippen LogP contribution is 2.16. The molecule has 0 amide bonds. The van der Waals surface area contributed by atoms with E-state index in [9.17, 15) is 0 Å². The van der Waals surface area contributed by atoms with E-state index < -0.39 is 0 Å². The Labute approximate surface area is 94.9 Å². The van der Waals surface area contributed by atoms with E-state index in [2.05, 4.69) is 15.2 Å². The van der Waals surface area contributed by atoms with Crippen LogP contribution in [0.25, 0.3) is 0 Å². The molecule has 0 spiro atoms. The van der Waals surface area contributed by atoms with Gasteiger partial charge in [0.25, 0.3) is 0 Å². The number of pyridine rings is 1. The number of benzene rings is 1. The largest absolute Gasteiger partial charge is 0.235 e. The molecular weight excluding hydrogens is 198 g/mol. The first-order chi connectivity index (χ1) is 7.74. The van der Waals surface area contributed by atoms with Crippen LogP contribution < -0.4 is 0 Å². The minimum atomic E-state index is 0.631. The minimum absolute atomic E-state index is 0.631. The summed E-state index contributed by atoms with van der Waals surface area (Å²) in [4.78, 5) is 4.15. The van der Waals surface area contributed by atoms with E-state index in [0.717, 1.165) is 11.3 Å². The van der Waals surface area contributed by atoms with Gasteiger partial charge in [-0.05, 0) is 37.6 Å². The molecule has 1 heterocycles. The lowest BCUT2D eigenvalue weighted by Gasteiger charge is -1.94. The monoisotopic (exact) mass is 211 g/mol. The molecule has 2 aromatic rings. The van der Waals surface area contributed by atoms with Crippen LogP contribution in [-0.4, -0.2) is 4.98 Å². The van der Waals surface area contributed by atoms with Crippen molar-refractivity contribution in [3.05, 3.63) is 53.7 Å². The second-order valence-electron chi connectivity index (χ2n) is 3.73. The molecule has 0 atom stereocenters. The summed E-state index contributed by atoms with van der Waals surface area (Å²) >= 11 is 0. The second kappa shape index (κ2) is 4.66. The molecule has 3 nitrogen and oxygen atoms in total. The molecule has 1 aromatic heterocycles. The summed E-state index contributed by atoms with van der Waals surface area (Å²) in [5.74, 6) is 0.631. The average molecular weight is 211 g/mol. The van der Waals surface area contributed by atoms with Crippen LogP contribution in [0.5, 0.6) is 0 Å². The number of azo groups is 1. The molecular formula is C13H13N3. The van der Waals surface area contributed by atoms with E-state index in [0.29, 0.717) is 5.82 Å².